The van der Waals surface area contributed by atoms with E-state index in [1.165, 1.54) is 22.1 Å². The summed E-state index contributed by atoms with van der Waals surface area (Å²) in [5.41, 5.74) is 2.51. The van der Waals surface area contributed by atoms with Crippen molar-refractivity contribution in [1.29, 1.82) is 0 Å². The highest BCUT2D eigenvalue weighted by molar-refractivity contribution is 5.94. The first kappa shape index (κ1) is 15.6. The standard InChI is InChI=1S/C18H17F2NO2/c1-21(18(22)13-6-7-16(19)17(20)9-13)10-15-8-12-4-2-3-5-14(12)11-23-15/h2-7,9,15H,8,10-11H2,1H3. The second-order valence-corrected chi connectivity index (χ2v) is 5.72. The number of benzene rings is 2. The summed E-state index contributed by atoms with van der Waals surface area (Å²) >= 11 is 0. The number of hydrogen-bond acceptors (Lipinski definition) is 2. The van der Waals surface area contributed by atoms with Gasteiger partial charge in [-0.05, 0) is 29.3 Å². The lowest BCUT2D eigenvalue weighted by molar-refractivity contribution is 0.00984. The van der Waals surface area contributed by atoms with Crippen LogP contribution < -0.4 is 0 Å². The van der Waals surface area contributed by atoms with Crippen LogP contribution in [0.25, 0.3) is 0 Å². The van der Waals surface area contributed by atoms with Crippen molar-refractivity contribution >= 4 is 5.91 Å². The van der Waals surface area contributed by atoms with E-state index in [4.69, 9.17) is 4.74 Å². The van der Waals surface area contributed by atoms with Gasteiger partial charge in [0.2, 0.25) is 0 Å². The Hall–Kier alpha value is -2.27. The molecule has 1 heterocycles. The summed E-state index contributed by atoms with van der Waals surface area (Å²) in [6.07, 6.45) is 0.620. The van der Waals surface area contributed by atoms with Gasteiger partial charge in [0.05, 0.1) is 12.7 Å². The third-order valence-corrected chi connectivity index (χ3v) is 4.03. The third-order valence-electron chi connectivity index (χ3n) is 4.03. The van der Waals surface area contributed by atoms with Crippen LogP contribution in [0.15, 0.2) is 42.5 Å². The van der Waals surface area contributed by atoms with Crippen LogP contribution in [-0.2, 0) is 17.8 Å². The molecule has 0 saturated carbocycles. The molecular formula is C18H17F2NO2. The largest absolute Gasteiger partial charge is 0.371 e. The number of fused-ring (bicyclic) bond motifs is 1. The van der Waals surface area contributed by atoms with Crippen molar-refractivity contribution in [1.82, 2.24) is 4.90 Å². The van der Waals surface area contributed by atoms with Crippen LogP contribution in [0.2, 0.25) is 0 Å². The number of rotatable bonds is 3. The number of carbonyl (C=O) groups is 1. The predicted octanol–water partition coefficient (Wildman–Crippen LogP) is 3.18. The zero-order valence-electron chi connectivity index (χ0n) is 12.8. The summed E-state index contributed by atoms with van der Waals surface area (Å²) in [4.78, 5) is 13.8. The molecule has 3 nitrogen and oxygen atoms in total. The number of ether oxygens (including phenoxy) is 1. The molecule has 0 radical (unpaired) electrons. The highest BCUT2D eigenvalue weighted by Gasteiger charge is 2.23. The van der Waals surface area contributed by atoms with Crippen LogP contribution >= 0.6 is 0 Å². The van der Waals surface area contributed by atoms with Gasteiger partial charge in [-0.15, -0.1) is 0 Å². The van der Waals surface area contributed by atoms with Crippen LogP contribution in [-0.4, -0.2) is 30.5 Å². The van der Waals surface area contributed by atoms with Gasteiger partial charge < -0.3 is 9.64 Å². The van der Waals surface area contributed by atoms with Crippen LogP contribution in [0.3, 0.4) is 0 Å². The minimum atomic E-state index is -1.02. The van der Waals surface area contributed by atoms with E-state index in [1.54, 1.807) is 7.05 Å². The Balaban J connectivity index is 1.66. The Bertz CT molecular complexity index is 733. The normalized spacial score (nSPS) is 16.7. The lowest BCUT2D eigenvalue weighted by Gasteiger charge is -2.29. The van der Waals surface area contributed by atoms with Gasteiger partial charge in [0, 0.05) is 25.6 Å². The average molecular weight is 317 g/mol. The number of amides is 1. The molecule has 23 heavy (non-hydrogen) atoms. The minimum Gasteiger partial charge on any atom is -0.371 e. The van der Waals surface area contributed by atoms with E-state index >= 15 is 0 Å². The molecule has 3 rings (SSSR count). The van der Waals surface area contributed by atoms with Crippen LogP contribution in [0.4, 0.5) is 8.78 Å². The Morgan fingerprint density at radius 1 is 1.17 bits per heavy atom. The van der Waals surface area contributed by atoms with Gasteiger partial charge in [0.15, 0.2) is 11.6 Å². The van der Waals surface area contributed by atoms with Gasteiger partial charge in [-0.3, -0.25) is 4.79 Å². The first-order valence-corrected chi connectivity index (χ1v) is 7.43. The molecule has 0 N–H and O–H groups in total. The van der Waals surface area contributed by atoms with E-state index in [9.17, 15) is 13.6 Å². The third kappa shape index (κ3) is 3.40. The molecular weight excluding hydrogens is 300 g/mol. The highest BCUT2D eigenvalue weighted by atomic mass is 19.2. The first-order chi connectivity index (χ1) is 11.0. The average Bonchev–Trinajstić information content (AvgIpc) is 2.56. The molecule has 0 aromatic heterocycles. The number of hydrogen-bond donors (Lipinski definition) is 0. The Morgan fingerprint density at radius 2 is 1.91 bits per heavy atom. The van der Waals surface area contributed by atoms with Crippen molar-refractivity contribution in [2.75, 3.05) is 13.6 Å². The summed E-state index contributed by atoms with van der Waals surface area (Å²) < 4.78 is 32.0. The molecule has 0 bridgehead atoms. The first-order valence-electron chi connectivity index (χ1n) is 7.43. The zero-order chi connectivity index (χ0) is 16.4. The van der Waals surface area contributed by atoms with Crippen molar-refractivity contribution < 1.29 is 18.3 Å². The van der Waals surface area contributed by atoms with Crippen LogP contribution in [0.5, 0.6) is 0 Å². The molecule has 2 aromatic rings. The van der Waals surface area contributed by atoms with Gasteiger partial charge in [-0.2, -0.15) is 0 Å². The van der Waals surface area contributed by atoms with E-state index in [0.717, 1.165) is 18.6 Å². The molecule has 2 aromatic carbocycles. The van der Waals surface area contributed by atoms with Gasteiger partial charge in [0.1, 0.15) is 0 Å². The van der Waals surface area contributed by atoms with E-state index in [1.807, 2.05) is 18.2 Å². The molecule has 0 aliphatic carbocycles. The molecule has 0 spiro atoms. The van der Waals surface area contributed by atoms with Crippen molar-refractivity contribution in [2.24, 2.45) is 0 Å². The second-order valence-electron chi connectivity index (χ2n) is 5.72. The van der Waals surface area contributed by atoms with Crippen molar-refractivity contribution in [3.05, 3.63) is 70.8 Å². The monoisotopic (exact) mass is 317 g/mol. The summed E-state index contributed by atoms with van der Waals surface area (Å²) in [5.74, 6) is -2.34. The molecule has 0 saturated heterocycles. The molecule has 1 unspecified atom stereocenters. The highest BCUT2D eigenvalue weighted by Crippen LogP contribution is 2.21. The lowest BCUT2D eigenvalue weighted by Crippen LogP contribution is -2.38. The number of likely N-dealkylation sites (N-methyl/N-ethyl adjacent to an activating group) is 1. The Morgan fingerprint density at radius 3 is 2.65 bits per heavy atom. The topological polar surface area (TPSA) is 29.5 Å². The second kappa shape index (κ2) is 6.46. The SMILES string of the molecule is CN(CC1Cc2ccccc2CO1)C(=O)c1ccc(F)c(F)c1. The fourth-order valence-corrected chi connectivity index (χ4v) is 2.76. The van der Waals surface area contributed by atoms with Crippen LogP contribution in [0.1, 0.15) is 21.5 Å². The van der Waals surface area contributed by atoms with Crippen molar-refractivity contribution in [2.45, 2.75) is 19.1 Å². The zero-order valence-corrected chi connectivity index (χ0v) is 12.8. The lowest BCUT2D eigenvalue weighted by atomic mass is 9.99. The number of halogens is 2. The molecule has 1 aliphatic heterocycles. The maximum absolute atomic E-state index is 13.3. The summed E-state index contributed by atoms with van der Waals surface area (Å²) in [7, 11) is 1.63. The van der Waals surface area contributed by atoms with Crippen LogP contribution in [0, 0.1) is 11.6 Å². The van der Waals surface area contributed by atoms with E-state index in [-0.39, 0.29) is 17.6 Å². The number of carbonyl (C=O) groups excluding carboxylic acids is 1. The fourth-order valence-electron chi connectivity index (χ4n) is 2.76. The minimum absolute atomic E-state index is 0.107. The predicted molar refractivity (Wildman–Crippen MR) is 82.0 cm³/mol. The van der Waals surface area contributed by atoms with E-state index < -0.39 is 11.6 Å². The molecule has 120 valence electrons. The fraction of sp³-hybridized carbons (Fsp3) is 0.278. The van der Waals surface area contributed by atoms with Gasteiger partial charge in [-0.1, -0.05) is 24.3 Å². The van der Waals surface area contributed by atoms with Gasteiger partial charge in [0.25, 0.3) is 5.91 Å². The smallest absolute Gasteiger partial charge is 0.253 e. The summed E-state index contributed by atoms with van der Waals surface area (Å²) in [5, 5.41) is 0. The quantitative estimate of drug-likeness (QED) is 0.870. The summed E-state index contributed by atoms with van der Waals surface area (Å²) in [6, 6.07) is 11.2. The molecule has 5 heteroatoms. The Labute approximate surface area is 133 Å². The maximum Gasteiger partial charge on any atom is 0.253 e. The van der Waals surface area contributed by atoms with E-state index in [2.05, 4.69) is 6.07 Å². The van der Waals surface area contributed by atoms with Crippen molar-refractivity contribution in [3.63, 3.8) is 0 Å². The van der Waals surface area contributed by atoms with Gasteiger partial charge >= 0.3 is 0 Å². The summed E-state index contributed by atoms with van der Waals surface area (Å²) in [6.45, 7) is 0.917. The van der Waals surface area contributed by atoms with Gasteiger partial charge in [-0.25, -0.2) is 8.78 Å². The Kier molecular flexibility index (Phi) is 4.39. The molecule has 1 atom stereocenters. The maximum atomic E-state index is 13.3. The molecule has 1 amide bonds. The molecule has 0 fully saturated rings. The van der Waals surface area contributed by atoms with Crippen molar-refractivity contribution in [3.8, 4) is 0 Å². The number of nitrogens with zero attached hydrogens (tertiary/aromatic N) is 1. The molecule has 1 aliphatic rings. The van der Waals surface area contributed by atoms with E-state index in [0.29, 0.717) is 13.2 Å².